The largest absolute Gasteiger partial charge is 0.357 e. The van der Waals surface area contributed by atoms with Gasteiger partial charge in [-0.3, -0.25) is 4.99 Å². The Morgan fingerprint density at radius 3 is 2.67 bits per heavy atom. The third-order valence-corrected chi connectivity index (χ3v) is 5.25. The molecule has 7 nitrogen and oxygen atoms in total. The first-order valence-corrected chi connectivity index (χ1v) is 10.8. The van der Waals surface area contributed by atoms with Crippen LogP contribution >= 0.6 is 24.0 Å². The van der Waals surface area contributed by atoms with Gasteiger partial charge in [-0.15, -0.1) is 24.0 Å². The van der Waals surface area contributed by atoms with Crippen molar-refractivity contribution in [1.82, 2.24) is 30.2 Å². The number of halogens is 1. The summed E-state index contributed by atoms with van der Waals surface area (Å²) in [6.45, 7) is 10.4. The maximum Gasteiger partial charge on any atom is 0.191 e. The molecule has 166 valence electrons. The van der Waals surface area contributed by atoms with E-state index in [4.69, 9.17) is 4.99 Å². The summed E-state index contributed by atoms with van der Waals surface area (Å²) in [7, 11) is 2.21. The number of likely N-dealkylation sites (N-methyl/N-ethyl adjacent to an activating group) is 1. The van der Waals surface area contributed by atoms with Crippen LogP contribution in [-0.4, -0.2) is 84.9 Å². The minimum atomic E-state index is 0. The van der Waals surface area contributed by atoms with E-state index in [1.165, 1.54) is 25.1 Å². The average Bonchev–Trinajstić information content (AvgIpc) is 3.19. The summed E-state index contributed by atoms with van der Waals surface area (Å²) in [5, 5.41) is 11.1. The summed E-state index contributed by atoms with van der Waals surface area (Å²) in [4.78, 5) is 9.70. The number of hydrogen-bond donors (Lipinski definition) is 2. The van der Waals surface area contributed by atoms with Gasteiger partial charge in [0.2, 0.25) is 0 Å². The number of guanidine groups is 1. The van der Waals surface area contributed by atoms with Gasteiger partial charge >= 0.3 is 0 Å². The summed E-state index contributed by atoms with van der Waals surface area (Å²) < 4.78 is 1.88. The maximum absolute atomic E-state index is 4.76. The predicted molar refractivity (Wildman–Crippen MR) is 135 cm³/mol. The highest BCUT2D eigenvalue weighted by Crippen LogP contribution is 2.08. The molecule has 0 amide bonds. The standard InChI is InChI=1S/C22H35N7.HI/c1-3-23-22(25-13-17-28-15-5-14-27(2)18-19-28)24-12-10-20-6-8-21(9-7-20)29-16-4-11-26-29;/h4,6-9,11,16H,3,5,10,12-15,17-19H2,1-2H3,(H2,23,24,25);1H. The summed E-state index contributed by atoms with van der Waals surface area (Å²) >= 11 is 0. The summed E-state index contributed by atoms with van der Waals surface area (Å²) in [6, 6.07) is 10.5. The van der Waals surface area contributed by atoms with E-state index in [-0.39, 0.29) is 24.0 Å². The van der Waals surface area contributed by atoms with E-state index in [1.807, 2.05) is 16.9 Å². The highest BCUT2D eigenvalue weighted by atomic mass is 127. The lowest BCUT2D eigenvalue weighted by Gasteiger charge is -2.19. The SMILES string of the molecule is CCNC(=NCCN1CCCN(C)CC1)NCCc1ccc(-n2cccn2)cc1.I. The van der Waals surface area contributed by atoms with E-state index in [1.54, 1.807) is 6.20 Å². The van der Waals surface area contributed by atoms with Crippen LogP contribution in [0.25, 0.3) is 5.69 Å². The summed E-state index contributed by atoms with van der Waals surface area (Å²) in [5.74, 6) is 0.910. The molecular formula is C22H36IN7. The molecule has 1 aromatic carbocycles. The zero-order chi connectivity index (χ0) is 20.3. The van der Waals surface area contributed by atoms with Gasteiger partial charge in [0.05, 0.1) is 12.2 Å². The second-order valence-corrected chi connectivity index (χ2v) is 7.55. The van der Waals surface area contributed by atoms with Crippen LogP contribution in [0, 0.1) is 0 Å². The Morgan fingerprint density at radius 1 is 1.10 bits per heavy atom. The van der Waals surface area contributed by atoms with Gasteiger partial charge in [0.15, 0.2) is 5.96 Å². The van der Waals surface area contributed by atoms with Gasteiger partial charge < -0.3 is 20.4 Å². The van der Waals surface area contributed by atoms with Crippen molar-refractivity contribution in [3.63, 3.8) is 0 Å². The Labute approximate surface area is 197 Å². The van der Waals surface area contributed by atoms with Crippen molar-refractivity contribution in [1.29, 1.82) is 0 Å². The molecule has 1 saturated heterocycles. The summed E-state index contributed by atoms with van der Waals surface area (Å²) in [5.41, 5.74) is 2.39. The van der Waals surface area contributed by atoms with Crippen LogP contribution in [0.4, 0.5) is 0 Å². The van der Waals surface area contributed by atoms with Crippen molar-refractivity contribution in [3.8, 4) is 5.69 Å². The molecule has 8 heteroatoms. The van der Waals surface area contributed by atoms with E-state index >= 15 is 0 Å². The van der Waals surface area contributed by atoms with Crippen LogP contribution in [0.3, 0.4) is 0 Å². The van der Waals surface area contributed by atoms with Gasteiger partial charge in [0, 0.05) is 45.1 Å². The Morgan fingerprint density at radius 2 is 1.93 bits per heavy atom. The summed E-state index contributed by atoms with van der Waals surface area (Å²) in [6.07, 6.45) is 5.96. The highest BCUT2D eigenvalue weighted by Gasteiger charge is 2.11. The molecule has 1 aliphatic rings. The second-order valence-electron chi connectivity index (χ2n) is 7.55. The third-order valence-electron chi connectivity index (χ3n) is 5.25. The number of hydrogen-bond acceptors (Lipinski definition) is 4. The van der Waals surface area contributed by atoms with Crippen molar-refractivity contribution in [2.45, 2.75) is 19.8 Å². The van der Waals surface area contributed by atoms with Crippen LogP contribution < -0.4 is 10.6 Å². The fraction of sp³-hybridized carbons (Fsp3) is 0.545. The first-order valence-electron chi connectivity index (χ1n) is 10.8. The topological polar surface area (TPSA) is 60.7 Å². The molecule has 0 saturated carbocycles. The van der Waals surface area contributed by atoms with Gasteiger partial charge in [-0.05, 0) is 63.7 Å². The molecule has 3 rings (SSSR count). The molecule has 0 unspecified atom stereocenters. The third kappa shape index (κ3) is 8.23. The van der Waals surface area contributed by atoms with Crippen molar-refractivity contribution < 1.29 is 0 Å². The smallest absolute Gasteiger partial charge is 0.191 e. The van der Waals surface area contributed by atoms with Crippen molar-refractivity contribution >= 4 is 29.9 Å². The fourth-order valence-corrected chi connectivity index (χ4v) is 3.53. The lowest BCUT2D eigenvalue weighted by Crippen LogP contribution is -2.39. The first kappa shape index (κ1) is 24.6. The zero-order valence-electron chi connectivity index (χ0n) is 18.3. The Balaban J connectivity index is 0.00000320. The molecule has 0 spiro atoms. The molecule has 0 radical (unpaired) electrons. The zero-order valence-corrected chi connectivity index (χ0v) is 20.6. The molecule has 1 fully saturated rings. The van der Waals surface area contributed by atoms with Crippen molar-refractivity contribution in [2.75, 3.05) is 59.4 Å². The van der Waals surface area contributed by atoms with Crippen LogP contribution in [0.1, 0.15) is 18.9 Å². The van der Waals surface area contributed by atoms with Crippen molar-refractivity contribution in [3.05, 3.63) is 48.3 Å². The van der Waals surface area contributed by atoms with Gasteiger partial charge in [0.1, 0.15) is 0 Å². The lowest BCUT2D eigenvalue weighted by atomic mass is 10.1. The number of rotatable bonds is 8. The molecule has 1 aliphatic heterocycles. The normalized spacial score (nSPS) is 16.0. The lowest BCUT2D eigenvalue weighted by molar-refractivity contribution is 0.283. The number of aliphatic imine (C=N–C) groups is 1. The van der Waals surface area contributed by atoms with E-state index in [2.05, 4.69) is 63.8 Å². The number of nitrogens with zero attached hydrogens (tertiary/aromatic N) is 5. The van der Waals surface area contributed by atoms with Gasteiger partial charge in [-0.1, -0.05) is 12.1 Å². The quantitative estimate of drug-likeness (QED) is 0.315. The monoisotopic (exact) mass is 525 g/mol. The van der Waals surface area contributed by atoms with E-state index in [9.17, 15) is 0 Å². The molecule has 1 aromatic heterocycles. The molecule has 30 heavy (non-hydrogen) atoms. The predicted octanol–water partition coefficient (Wildman–Crippen LogP) is 2.23. The molecule has 2 aromatic rings. The first-order chi connectivity index (χ1) is 14.2. The van der Waals surface area contributed by atoms with Crippen molar-refractivity contribution in [2.24, 2.45) is 4.99 Å². The number of aromatic nitrogens is 2. The fourth-order valence-electron chi connectivity index (χ4n) is 3.53. The van der Waals surface area contributed by atoms with Gasteiger partial charge in [-0.2, -0.15) is 5.10 Å². The minimum absolute atomic E-state index is 0. The average molecular weight is 525 g/mol. The van der Waals surface area contributed by atoms with Crippen LogP contribution in [0.15, 0.2) is 47.7 Å². The second kappa shape index (κ2) is 13.6. The Bertz CT molecular complexity index is 730. The minimum Gasteiger partial charge on any atom is -0.357 e. The van der Waals surface area contributed by atoms with Crippen LogP contribution in [0.5, 0.6) is 0 Å². The van der Waals surface area contributed by atoms with E-state index in [0.29, 0.717) is 0 Å². The highest BCUT2D eigenvalue weighted by molar-refractivity contribution is 14.0. The van der Waals surface area contributed by atoms with Crippen LogP contribution in [0.2, 0.25) is 0 Å². The number of benzene rings is 1. The molecule has 2 N–H and O–H groups in total. The molecule has 0 aliphatic carbocycles. The Kier molecular flexibility index (Phi) is 11.2. The van der Waals surface area contributed by atoms with Gasteiger partial charge in [0.25, 0.3) is 0 Å². The Hall–Kier alpha value is -1.65. The van der Waals surface area contributed by atoms with E-state index in [0.717, 1.165) is 57.3 Å². The molecule has 0 atom stereocenters. The molecule has 0 bridgehead atoms. The maximum atomic E-state index is 4.76. The van der Waals surface area contributed by atoms with E-state index < -0.39 is 0 Å². The molecule has 2 heterocycles. The van der Waals surface area contributed by atoms with Gasteiger partial charge in [-0.25, -0.2) is 4.68 Å². The molecular weight excluding hydrogens is 489 g/mol. The number of nitrogens with one attached hydrogen (secondary N) is 2. The van der Waals surface area contributed by atoms with Crippen LogP contribution in [-0.2, 0) is 6.42 Å².